The summed E-state index contributed by atoms with van der Waals surface area (Å²) in [6.07, 6.45) is 0.723. The molecule has 1 aliphatic heterocycles. The van der Waals surface area contributed by atoms with Crippen molar-refractivity contribution >= 4 is 17.7 Å². The lowest BCUT2D eigenvalue weighted by Crippen LogP contribution is -2.24. The van der Waals surface area contributed by atoms with Crippen LogP contribution in [-0.2, 0) is 16.6 Å². The minimum absolute atomic E-state index is 0.00300. The maximum absolute atomic E-state index is 11.6. The summed E-state index contributed by atoms with van der Waals surface area (Å²) in [7, 11) is 0. The molecule has 1 heterocycles. The lowest BCUT2D eigenvalue weighted by molar-refractivity contribution is -0.119. The maximum atomic E-state index is 11.6. The summed E-state index contributed by atoms with van der Waals surface area (Å²) in [5.41, 5.74) is 2.85. The van der Waals surface area contributed by atoms with Crippen molar-refractivity contribution in [2.45, 2.75) is 44.8 Å². The van der Waals surface area contributed by atoms with Crippen LogP contribution in [0.3, 0.4) is 0 Å². The zero-order valence-corrected chi connectivity index (χ0v) is 12.7. The van der Waals surface area contributed by atoms with E-state index in [0.29, 0.717) is 11.6 Å². The highest BCUT2D eigenvalue weighted by Crippen LogP contribution is 2.35. The third-order valence-corrected chi connectivity index (χ3v) is 4.51. The fourth-order valence-electron chi connectivity index (χ4n) is 2.31. The molecule has 0 saturated carbocycles. The molecule has 19 heavy (non-hydrogen) atoms. The van der Waals surface area contributed by atoms with E-state index in [2.05, 4.69) is 26.1 Å². The fraction of sp³-hybridized carbons (Fsp3) is 0.533. The van der Waals surface area contributed by atoms with Gasteiger partial charge < -0.3 is 10.4 Å². The molecule has 4 heteroatoms. The predicted molar refractivity (Wildman–Crippen MR) is 79.6 cm³/mol. The van der Waals surface area contributed by atoms with E-state index in [4.69, 9.17) is 0 Å². The van der Waals surface area contributed by atoms with Gasteiger partial charge >= 0.3 is 0 Å². The van der Waals surface area contributed by atoms with Crippen molar-refractivity contribution < 1.29 is 9.90 Å². The van der Waals surface area contributed by atoms with Crippen LogP contribution in [0.1, 0.15) is 37.5 Å². The topological polar surface area (TPSA) is 49.3 Å². The number of rotatable bonds is 2. The van der Waals surface area contributed by atoms with Gasteiger partial charge in [-0.1, -0.05) is 32.9 Å². The lowest BCUT2D eigenvalue weighted by Gasteiger charge is -2.23. The Morgan fingerprint density at radius 1 is 1.42 bits per heavy atom. The molecule has 104 valence electrons. The molecule has 0 aliphatic carbocycles. The molecule has 0 spiro atoms. The smallest absolute Gasteiger partial charge is 0.234 e. The summed E-state index contributed by atoms with van der Waals surface area (Å²) in [6.45, 7) is 8.17. The van der Waals surface area contributed by atoms with Gasteiger partial charge in [-0.15, -0.1) is 11.8 Å². The molecule has 3 nitrogen and oxygen atoms in total. The number of benzene rings is 1. The van der Waals surface area contributed by atoms with Gasteiger partial charge in [-0.25, -0.2) is 0 Å². The van der Waals surface area contributed by atoms with Crippen molar-refractivity contribution in [3.05, 3.63) is 28.8 Å². The number of aryl methyl sites for hydroxylation is 1. The monoisotopic (exact) mass is 279 g/mol. The van der Waals surface area contributed by atoms with Crippen LogP contribution in [-0.4, -0.2) is 22.1 Å². The Balaban J connectivity index is 2.32. The summed E-state index contributed by atoms with van der Waals surface area (Å²) in [4.78, 5) is 11.6. The van der Waals surface area contributed by atoms with Gasteiger partial charge in [-0.2, -0.15) is 0 Å². The van der Waals surface area contributed by atoms with Crippen molar-refractivity contribution in [1.82, 2.24) is 5.32 Å². The van der Waals surface area contributed by atoms with Crippen molar-refractivity contribution in [2.75, 3.05) is 5.88 Å². The van der Waals surface area contributed by atoms with Crippen LogP contribution in [0.25, 0.3) is 0 Å². The zero-order chi connectivity index (χ0) is 14.2. The molecule has 0 radical (unpaired) electrons. The number of phenolic OH excluding ortho intramolecular Hbond substituents is 1. The summed E-state index contributed by atoms with van der Waals surface area (Å²) in [6, 6.07) is 4.02. The third-order valence-electron chi connectivity index (χ3n) is 3.41. The number of hydrogen-bond donors (Lipinski definition) is 2. The Morgan fingerprint density at radius 2 is 2.11 bits per heavy atom. The molecule has 2 rings (SSSR count). The Morgan fingerprint density at radius 3 is 2.63 bits per heavy atom. The Bertz CT molecular complexity index is 506. The molecule has 1 amide bonds. The van der Waals surface area contributed by atoms with E-state index in [0.717, 1.165) is 23.1 Å². The summed E-state index contributed by atoms with van der Waals surface area (Å²) < 4.78 is 0. The SMILES string of the molecule is Cc1cc(CC2SCNC2=O)cc(C(C)(C)C)c1O. The molecule has 1 aromatic carbocycles. The second-order valence-corrected chi connectivity index (χ2v) is 7.29. The average Bonchev–Trinajstić information content (AvgIpc) is 2.68. The number of nitrogens with one attached hydrogen (secondary N) is 1. The summed E-state index contributed by atoms with van der Waals surface area (Å²) >= 11 is 1.65. The molecule has 1 aliphatic rings. The number of thioether (sulfide) groups is 1. The van der Waals surface area contributed by atoms with E-state index in [9.17, 15) is 9.90 Å². The van der Waals surface area contributed by atoms with E-state index in [1.54, 1.807) is 11.8 Å². The van der Waals surface area contributed by atoms with Crippen molar-refractivity contribution in [1.29, 1.82) is 0 Å². The molecule has 2 N–H and O–H groups in total. The lowest BCUT2D eigenvalue weighted by atomic mass is 9.83. The highest BCUT2D eigenvalue weighted by atomic mass is 32.2. The van der Waals surface area contributed by atoms with Crippen LogP contribution in [0.2, 0.25) is 0 Å². The quantitative estimate of drug-likeness (QED) is 0.875. The highest BCUT2D eigenvalue weighted by Gasteiger charge is 2.26. The zero-order valence-electron chi connectivity index (χ0n) is 11.9. The number of carbonyl (C=O) groups is 1. The molecule has 0 aromatic heterocycles. The van der Waals surface area contributed by atoms with Crippen LogP contribution < -0.4 is 5.32 Å². The summed E-state index contributed by atoms with van der Waals surface area (Å²) in [5.74, 6) is 1.19. The molecule has 1 aromatic rings. The molecule has 1 saturated heterocycles. The van der Waals surface area contributed by atoms with Crippen LogP contribution in [0.4, 0.5) is 0 Å². The molecular formula is C15H21NO2S. The first kappa shape index (κ1) is 14.3. The van der Waals surface area contributed by atoms with E-state index in [-0.39, 0.29) is 16.6 Å². The minimum Gasteiger partial charge on any atom is -0.507 e. The predicted octanol–water partition coefficient (Wildman–Crippen LogP) is 2.73. The van der Waals surface area contributed by atoms with Gasteiger partial charge in [0.25, 0.3) is 0 Å². The number of aromatic hydroxyl groups is 1. The molecular weight excluding hydrogens is 258 g/mol. The Hall–Kier alpha value is -1.16. The maximum Gasteiger partial charge on any atom is 0.234 e. The second kappa shape index (κ2) is 5.08. The molecule has 1 fully saturated rings. The molecule has 1 unspecified atom stereocenters. The van der Waals surface area contributed by atoms with E-state index < -0.39 is 0 Å². The highest BCUT2D eigenvalue weighted by molar-refractivity contribution is 8.01. The molecule has 0 bridgehead atoms. The van der Waals surface area contributed by atoms with Gasteiger partial charge in [0.15, 0.2) is 0 Å². The van der Waals surface area contributed by atoms with Gasteiger partial charge in [-0.3, -0.25) is 4.79 Å². The first-order valence-electron chi connectivity index (χ1n) is 6.51. The van der Waals surface area contributed by atoms with Gasteiger partial charge in [0.2, 0.25) is 5.91 Å². The van der Waals surface area contributed by atoms with Crippen molar-refractivity contribution in [2.24, 2.45) is 0 Å². The normalized spacial score (nSPS) is 19.6. The largest absolute Gasteiger partial charge is 0.507 e. The van der Waals surface area contributed by atoms with Crippen LogP contribution in [0.15, 0.2) is 12.1 Å². The van der Waals surface area contributed by atoms with Crippen LogP contribution in [0.5, 0.6) is 5.75 Å². The first-order chi connectivity index (χ1) is 8.79. The van der Waals surface area contributed by atoms with E-state index in [1.165, 1.54) is 0 Å². The van der Waals surface area contributed by atoms with Gasteiger partial charge in [-0.05, 0) is 35.4 Å². The third kappa shape index (κ3) is 3.06. The van der Waals surface area contributed by atoms with Gasteiger partial charge in [0.05, 0.1) is 11.1 Å². The van der Waals surface area contributed by atoms with E-state index >= 15 is 0 Å². The van der Waals surface area contributed by atoms with Crippen molar-refractivity contribution in [3.63, 3.8) is 0 Å². The standard InChI is InChI=1S/C15H21NO2S/c1-9-5-10(7-12-14(18)16-8-19-12)6-11(13(9)17)15(2,3)4/h5-6,12,17H,7-8H2,1-4H3,(H,16,18). The second-order valence-electron chi connectivity index (χ2n) is 6.10. The summed E-state index contributed by atoms with van der Waals surface area (Å²) in [5, 5.41) is 13.0. The molecule has 1 atom stereocenters. The number of carbonyl (C=O) groups excluding carboxylic acids is 1. The van der Waals surface area contributed by atoms with Crippen LogP contribution >= 0.6 is 11.8 Å². The van der Waals surface area contributed by atoms with Gasteiger partial charge in [0, 0.05) is 0 Å². The fourth-order valence-corrected chi connectivity index (χ4v) is 3.28. The minimum atomic E-state index is -0.101. The van der Waals surface area contributed by atoms with Crippen LogP contribution in [0, 0.1) is 6.92 Å². The van der Waals surface area contributed by atoms with Gasteiger partial charge in [0.1, 0.15) is 5.75 Å². The number of phenols is 1. The van der Waals surface area contributed by atoms with E-state index in [1.807, 2.05) is 19.1 Å². The number of amides is 1. The van der Waals surface area contributed by atoms with Crippen molar-refractivity contribution in [3.8, 4) is 5.75 Å². The first-order valence-corrected chi connectivity index (χ1v) is 7.56. The number of hydrogen-bond acceptors (Lipinski definition) is 3. The Labute approximate surface area is 118 Å². The average molecular weight is 279 g/mol. The Kier molecular flexibility index (Phi) is 3.81.